The molecule has 3 rings (SSSR count). The van der Waals surface area contributed by atoms with Crippen LogP contribution in [0.1, 0.15) is 31.8 Å². The van der Waals surface area contributed by atoms with Crippen molar-refractivity contribution in [3.05, 3.63) is 101 Å². The molecule has 0 saturated heterocycles. The zero-order valence-corrected chi connectivity index (χ0v) is 15.1. The Morgan fingerprint density at radius 2 is 1.57 bits per heavy atom. The maximum atomic E-state index is 12.9. The first kappa shape index (κ1) is 19.0. The van der Waals surface area contributed by atoms with E-state index in [1.54, 1.807) is 48.5 Å². The van der Waals surface area contributed by atoms with E-state index in [4.69, 9.17) is 0 Å². The predicted octanol–water partition coefficient (Wildman–Crippen LogP) is 4.15. The molecule has 0 aromatic heterocycles. The zero-order chi connectivity index (χ0) is 19.9. The number of anilines is 1. The fraction of sp³-hybridized carbons (Fsp3) is 0.0455. The third-order valence-corrected chi connectivity index (χ3v) is 3.98. The summed E-state index contributed by atoms with van der Waals surface area (Å²) in [6, 6.07) is 19.5. The number of nitrogens with one attached hydrogen (secondary N) is 2. The van der Waals surface area contributed by atoms with Gasteiger partial charge in [-0.1, -0.05) is 42.0 Å². The molecule has 0 unspecified atom stereocenters. The summed E-state index contributed by atoms with van der Waals surface area (Å²) in [6.07, 6.45) is 1.41. The molecule has 28 heavy (non-hydrogen) atoms. The number of hydrogen-bond acceptors (Lipinski definition) is 3. The summed E-state index contributed by atoms with van der Waals surface area (Å²) in [5.74, 6) is -1.13. The van der Waals surface area contributed by atoms with Gasteiger partial charge in [-0.25, -0.2) is 9.82 Å². The van der Waals surface area contributed by atoms with E-state index in [1.165, 1.54) is 18.3 Å². The molecule has 6 heteroatoms. The molecule has 140 valence electrons. The van der Waals surface area contributed by atoms with Gasteiger partial charge < -0.3 is 5.32 Å². The number of aryl methyl sites for hydroxylation is 1. The summed E-state index contributed by atoms with van der Waals surface area (Å²) in [6.45, 7) is 1.94. The van der Waals surface area contributed by atoms with Crippen LogP contribution in [0.3, 0.4) is 0 Å². The quantitative estimate of drug-likeness (QED) is 0.519. The van der Waals surface area contributed by atoms with E-state index >= 15 is 0 Å². The number of amides is 2. The normalized spacial score (nSPS) is 10.6. The first-order chi connectivity index (χ1) is 13.5. The summed E-state index contributed by atoms with van der Waals surface area (Å²) < 4.78 is 12.9. The van der Waals surface area contributed by atoms with Crippen molar-refractivity contribution >= 4 is 23.7 Å². The van der Waals surface area contributed by atoms with Crippen LogP contribution in [0.5, 0.6) is 0 Å². The number of nitrogens with zero attached hydrogens (tertiary/aromatic N) is 1. The third kappa shape index (κ3) is 4.88. The summed E-state index contributed by atoms with van der Waals surface area (Å²) in [5, 5.41) is 6.62. The molecule has 0 heterocycles. The van der Waals surface area contributed by atoms with Crippen LogP contribution in [-0.2, 0) is 0 Å². The molecule has 0 aliphatic heterocycles. The molecule has 0 saturated carbocycles. The van der Waals surface area contributed by atoms with Crippen LogP contribution in [-0.4, -0.2) is 18.0 Å². The lowest BCUT2D eigenvalue weighted by Crippen LogP contribution is -2.21. The van der Waals surface area contributed by atoms with E-state index in [9.17, 15) is 14.0 Å². The first-order valence-electron chi connectivity index (χ1n) is 8.59. The molecular weight excluding hydrogens is 357 g/mol. The average molecular weight is 375 g/mol. The minimum Gasteiger partial charge on any atom is -0.321 e. The number of hydrogen-bond donors (Lipinski definition) is 2. The van der Waals surface area contributed by atoms with Crippen molar-refractivity contribution in [3.63, 3.8) is 0 Å². The van der Waals surface area contributed by atoms with Gasteiger partial charge in [-0.05, 0) is 48.9 Å². The van der Waals surface area contributed by atoms with Crippen molar-refractivity contribution in [1.29, 1.82) is 0 Å². The number of para-hydroxylation sites is 1. The number of carbonyl (C=O) groups is 2. The topological polar surface area (TPSA) is 70.6 Å². The minimum absolute atomic E-state index is 0.277. The van der Waals surface area contributed by atoms with Crippen LogP contribution in [0.15, 0.2) is 77.9 Å². The van der Waals surface area contributed by atoms with Gasteiger partial charge in [0.25, 0.3) is 11.8 Å². The predicted molar refractivity (Wildman–Crippen MR) is 107 cm³/mol. The lowest BCUT2D eigenvalue weighted by Gasteiger charge is -2.10. The van der Waals surface area contributed by atoms with Crippen LogP contribution in [0.4, 0.5) is 10.1 Å². The van der Waals surface area contributed by atoms with Crippen LogP contribution in [0.25, 0.3) is 0 Å². The molecule has 0 spiro atoms. The van der Waals surface area contributed by atoms with Gasteiger partial charge in [0.05, 0.1) is 17.5 Å². The molecule has 0 bridgehead atoms. The van der Waals surface area contributed by atoms with E-state index < -0.39 is 5.91 Å². The van der Waals surface area contributed by atoms with E-state index in [2.05, 4.69) is 15.8 Å². The minimum atomic E-state index is -0.474. The van der Waals surface area contributed by atoms with Gasteiger partial charge in [0.1, 0.15) is 5.82 Å². The fourth-order valence-corrected chi connectivity index (χ4v) is 2.46. The highest BCUT2D eigenvalue weighted by Gasteiger charge is 2.13. The van der Waals surface area contributed by atoms with Crippen molar-refractivity contribution in [3.8, 4) is 0 Å². The van der Waals surface area contributed by atoms with Gasteiger partial charge >= 0.3 is 0 Å². The van der Waals surface area contributed by atoms with Gasteiger partial charge in [-0.3, -0.25) is 9.59 Å². The summed E-state index contributed by atoms with van der Waals surface area (Å²) in [5.41, 5.74) is 5.25. The fourth-order valence-electron chi connectivity index (χ4n) is 2.46. The van der Waals surface area contributed by atoms with Crippen molar-refractivity contribution in [2.24, 2.45) is 5.10 Å². The number of halogens is 1. The van der Waals surface area contributed by atoms with Crippen LogP contribution in [0.2, 0.25) is 0 Å². The second kappa shape index (κ2) is 8.73. The highest BCUT2D eigenvalue weighted by atomic mass is 19.1. The highest BCUT2D eigenvalue weighted by molar-refractivity contribution is 6.09. The van der Waals surface area contributed by atoms with E-state index in [0.717, 1.165) is 5.56 Å². The van der Waals surface area contributed by atoms with Gasteiger partial charge in [0.15, 0.2) is 0 Å². The monoisotopic (exact) mass is 375 g/mol. The molecular formula is C22H18FN3O2. The SMILES string of the molecule is Cc1ccc(C(=O)Nc2ccccc2C(=O)N/N=C\c2ccc(F)cc2)cc1. The lowest BCUT2D eigenvalue weighted by molar-refractivity contribution is 0.0956. The number of rotatable bonds is 5. The Balaban J connectivity index is 1.70. The van der Waals surface area contributed by atoms with Crippen molar-refractivity contribution in [1.82, 2.24) is 5.43 Å². The Bertz CT molecular complexity index is 1010. The van der Waals surface area contributed by atoms with Gasteiger partial charge in [-0.2, -0.15) is 5.10 Å². The molecule has 0 aliphatic rings. The van der Waals surface area contributed by atoms with E-state index in [0.29, 0.717) is 16.8 Å². The largest absolute Gasteiger partial charge is 0.321 e. The Labute approximate surface area is 161 Å². The smallest absolute Gasteiger partial charge is 0.273 e. The van der Waals surface area contributed by atoms with Gasteiger partial charge in [-0.15, -0.1) is 0 Å². The number of hydrazone groups is 1. The number of carbonyl (C=O) groups excluding carboxylic acids is 2. The maximum absolute atomic E-state index is 12.9. The first-order valence-corrected chi connectivity index (χ1v) is 8.59. The van der Waals surface area contributed by atoms with Crippen LogP contribution >= 0.6 is 0 Å². The molecule has 0 radical (unpaired) electrons. The second-order valence-corrected chi connectivity index (χ2v) is 6.12. The highest BCUT2D eigenvalue weighted by Crippen LogP contribution is 2.16. The molecule has 3 aromatic carbocycles. The molecule has 2 amide bonds. The Hall–Kier alpha value is -3.80. The van der Waals surface area contributed by atoms with Crippen molar-refractivity contribution in [2.45, 2.75) is 6.92 Å². The zero-order valence-electron chi connectivity index (χ0n) is 15.1. The number of benzene rings is 3. The Kier molecular flexibility index (Phi) is 5.91. The van der Waals surface area contributed by atoms with Gasteiger partial charge in [0, 0.05) is 5.56 Å². The van der Waals surface area contributed by atoms with E-state index in [-0.39, 0.29) is 17.3 Å². The van der Waals surface area contributed by atoms with Gasteiger partial charge in [0.2, 0.25) is 0 Å². The molecule has 0 fully saturated rings. The molecule has 0 aliphatic carbocycles. The summed E-state index contributed by atoms with van der Waals surface area (Å²) >= 11 is 0. The molecule has 2 N–H and O–H groups in total. The Morgan fingerprint density at radius 1 is 0.893 bits per heavy atom. The molecule has 5 nitrogen and oxygen atoms in total. The van der Waals surface area contributed by atoms with Crippen molar-refractivity contribution < 1.29 is 14.0 Å². The standard InChI is InChI=1S/C22H18FN3O2/c1-15-6-10-17(11-7-15)21(27)25-20-5-3-2-4-19(20)22(28)26-24-14-16-8-12-18(23)13-9-16/h2-14H,1H3,(H,25,27)(H,26,28)/b24-14-. The second-order valence-electron chi connectivity index (χ2n) is 6.12. The lowest BCUT2D eigenvalue weighted by atomic mass is 10.1. The molecule has 3 aromatic rings. The maximum Gasteiger partial charge on any atom is 0.273 e. The summed E-state index contributed by atoms with van der Waals surface area (Å²) in [7, 11) is 0. The average Bonchev–Trinajstić information content (AvgIpc) is 2.70. The van der Waals surface area contributed by atoms with Crippen LogP contribution < -0.4 is 10.7 Å². The van der Waals surface area contributed by atoms with Crippen molar-refractivity contribution in [2.75, 3.05) is 5.32 Å². The van der Waals surface area contributed by atoms with E-state index in [1.807, 2.05) is 19.1 Å². The molecule has 0 atom stereocenters. The van der Waals surface area contributed by atoms with Crippen LogP contribution in [0, 0.1) is 12.7 Å². The summed E-state index contributed by atoms with van der Waals surface area (Å²) in [4.78, 5) is 24.9. The third-order valence-electron chi connectivity index (χ3n) is 3.98. The Morgan fingerprint density at radius 3 is 2.29 bits per heavy atom.